The van der Waals surface area contributed by atoms with Crippen molar-refractivity contribution in [2.45, 2.75) is 46.5 Å². The van der Waals surface area contributed by atoms with Crippen LogP contribution in [0.1, 0.15) is 46.5 Å². The molecule has 0 spiro atoms. The summed E-state index contributed by atoms with van der Waals surface area (Å²) in [6, 6.07) is 0. The van der Waals surface area contributed by atoms with Crippen molar-refractivity contribution >= 4 is 0 Å². The van der Waals surface area contributed by atoms with Gasteiger partial charge in [0.25, 0.3) is 0 Å². The second kappa shape index (κ2) is 2.24. The van der Waals surface area contributed by atoms with E-state index in [0.29, 0.717) is 5.41 Å². The van der Waals surface area contributed by atoms with Gasteiger partial charge in [-0.2, -0.15) is 0 Å². The highest BCUT2D eigenvalue weighted by atomic mass is 14.5. The van der Waals surface area contributed by atoms with Crippen molar-refractivity contribution in [3.05, 3.63) is 0 Å². The molecule has 0 aliphatic heterocycles. The topological polar surface area (TPSA) is 0 Å². The van der Waals surface area contributed by atoms with Crippen LogP contribution in [0.2, 0.25) is 0 Å². The van der Waals surface area contributed by atoms with Crippen molar-refractivity contribution in [2.24, 2.45) is 23.2 Å². The van der Waals surface area contributed by atoms with E-state index < -0.39 is 0 Å². The molecular weight excluding hydrogens is 132 g/mol. The van der Waals surface area contributed by atoms with Crippen LogP contribution in [0.15, 0.2) is 0 Å². The summed E-state index contributed by atoms with van der Waals surface area (Å²) < 4.78 is 0. The quantitative estimate of drug-likeness (QED) is 0.498. The van der Waals surface area contributed by atoms with Crippen LogP contribution >= 0.6 is 0 Å². The van der Waals surface area contributed by atoms with E-state index in [0.717, 1.165) is 17.8 Å². The number of rotatable bonds is 0. The van der Waals surface area contributed by atoms with Gasteiger partial charge in [0.15, 0.2) is 0 Å². The second-order valence-corrected chi connectivity index (χ2v) is 5.65. The summed E-state index contributed by atoms with van der Waals surface area (Å²) in [5, 5.41) is 0. The summed E-state index contributed by atoms with van der Waals surface area (Å²) >= 11 is 0. The molecule has 2 fully saturated rings. The molecule has 2 aliphatic carbocycles. The summed E-state index contributed by atoms with van der Waals surface area (Å²) in [6.45, 7) is 7.25. The molecule has 0 aromatic heterocycles. The van der Waals surface area contributed by atoms with E-state index in [4.69, 9.17) is 0 Å². The first-order valence-corrected chi connectivity index (χ1v) is 5.07. The Balaban J connectivity index is 2.08. The largest absolute Gasteiger partial charge is 0.0599 e. The van der Waals surface area contributed by atoms with Gasteiger partial charge in [-0.3, -0.25) is 0 Å². The lowest BCUT2D eigenvalue weighted by Crippen LogP contribution is -2.25. The highest BCUT2D eigenvalue weighted by Gasteiger charge is 2.44. The lowest BCUT2D eigenvalue weighted by Gasteiger charge is -2.34. The molecule has 2 aliphatic rings. The van der Waals surface area contributed by atoms with Crippen molar-refractivity contribution in [1.82, 2.24) is 0 Å². The molecule has 0 heterocycles. The molecule has 0 nitrogen and oxygen atoms in total. The van der Waals surface area contributed by atoms with E-state index in [-0.39, 0.29) is 0 Å². The summed E-state index contributed by atoms with van der Waals surface area (Å²) in [7, 11) is 0. The van der Waals surface area contributed by atoms with Gasteiger partial charge in [0.05, 0.1) is 0 Å². The van der Waals surface area contributed by atoms with E-state index >= 15 is 0 Å². The number of hydrogen-bond donors (Lipinski definition) is 0. The first kappa shape index (κ1) is 7.64. The van der Waals surface area contributed by atoms with Crippen molar-refractivity contribution in [3.8, 4) is 0 Å². The predicted molar refractivity (Wildman–Crippen MR) is 48.4 cm³/mol. The molecule has 64 valence electrons. The van der Waals surface area contributed by atoms with E-state index in [1.807, 2.05) is 0 Å². The molecule has 3 unspecified atom stereocenters. The summed E-state index contributed by atoms with van der Waals surface area (Å²) in [5.74, 6) is 3.26. The molecule has 2 bridgehead atoms. The van der Waals surface area contributed by atoms with Crippen molar-refractivity contribution < 1.29 is 0 Å². The third-order valence-corrected chi connectivity index (χ3v) is 3.85. The average molecular weight is 152 g/mol. The lowest BCUT2D eigenvalue weighted by molar-refractivity contribution is 0.161. The van der Waals surface area contributed by atoms with Crippen molar-refractivity contribution in [3.63, 3.8) is 0 Å². The fourth-order valence-electron chi connectivity index (χ4n) is 3.31. The summed E-state index contributed by atoms with van der Waals surface area (Å²) in [6.07, 6.45) is 6.17. The Hall–Kier alpha value is 0. The number of hydrogen-bond acceptors (Lipinski definition) is 0. The molecule has 0 radical (unpaired) electrons. The third-order valence-electron chi connectivity index (χ3n) is 3.85. The molecule has 2 saturated carbocycles. The Morgan fingerprint density at radius 3 is 2.00 bits per heavy atom. The predicted octanol–water partition coefficient (Wildman–Crippen LogP) is 3.47. The Morgan fingerprint density at radius 1 is 1.00 bits per heavy atom. The minimum atomic E-state index is 0.583. The maximum atomic E-state index is 2.42. The van der Waals surface area contributed by atoms with E-state index in [9.17, 15) is 0 Å². The van der Waals surface area contributed by atoms with E-state index in [1.165, 1.54) is 19.3 Å². The Bertz CT molecular complexity index is 152. The molecule has 0 aromatic carbocycles. The van der Waals surface area contributed by atoms with E-state index in [1.54, 1.807) is 6.42 Å². The third kappa shape index (κ3) is 1.21. The molecule has 0 N–H and O–H groups in total. The smallest absolute Gasteiger partial charge is 0.0334 e. The first-order chi connectivity index (χ1) is 5.07. The highest BCUT2D eigenvalue weighted by Crippen LogP contribution is 2.54. The summed E-state index contributed by atoms with van der Waals surface area (Å²) in [4.78, 5) is 0. The monoisotopic (exact) mass is 152 g/mol. The molecule has 0 amide bonds. The van der Waals surface area contributed by atoms with Gasteiger partial charge in [-0.1, -0.05) is 27.2 Å². The van der Waals surface area contributed by atoms with Gasteiger partial charge < -0.3 is 0 Å². The fourth-order valence-corrected chi connectivity index (χ4v) is 3.31. The normalized spacial score (nSPS) is 43.4. The van der Waals surface area contributed by atoms with Gasteiger partial charge in [0.2, 0.25) is 0 Å². The highest BCUT2D eigenvalue weighted by molar-refractivity contribution is 4.94. The van der Waals surface area contributed by atoms with Gasteiger partial charge in [0.1, 0.15) is 0 Å². The van der Waals surface area contributed by atoms with Gasteiger partial charge in [0, 0.05) is 0 Å². The van der Waals surface area contributed by atoms with Crippen LogP contribution in [0.3, 0.4) is 0 Å². The molecule has 0 heteroatoms. The van der Waals surface area contributed by atoms with Crippen LogP contribution in [0.25, 0.3) is 0 Å². The number of fused-ring (bicyclic) bond motifs is 2. The molecule has 3 atom stereocenters. The van der Waals surface area contributed by atoms with Gasteiger partial charge in [-0.25, -0.2) is 0 Å². The van der Waals surface area contributed by atoms with Crippen LogP contribution in [0.5, 0.6) is 0 Å². The Kier molecular flexibility index (Phi) is 1.56. The minimum Gasteiger partial charge on any atom is -0.0599 e. The van der Waals surface area contributed by atoms with Gasteiger partial charge in [-0.15, -0.1) is 0 Å². The Labute approximate surface area is 70.4 Å². The van der Waals surface area contributed by atoms with Crippen LogP contribution in [-0.4, -0.2) is 0 Å². The summed E-state index contributed by atoms with van der Waals surface area (Å²) in [5.41, 5.74) is 0.583. The van der Waals surface area contributed by atoms with Gasteiger partial charge in [-0.05, 0) is 42.4 Å². The second-order valence-electron chi connectivity index (χ2n) is 5.65. The molecule has 0 saturated heterocycles. The van der Waals surface area contributed by atoms with Crippen LogP contribution in [0.4, 0.5) is 0 Å². The zero-order chi connectivity index (χ0) is 8.06. The molecule has 0 aromatic rings. The fraction of sp³-hybridized carbons (Fsp3) is 1.00. The van der Waals surface area contributed by atoms with Crippen LogP contribution in [-0.2, 0) is 0 Å². The maximum Gasteiger partial charge on any atom is -0.0334 e. The minimum absolute atomic E-state index is 0.583. The zero-order valence-corrected chi connectivity index (χ0v) is 8.06. The first-order valence-electron chi connectivity index (χ1n) is 5.07. The lowest BCUT2D eigenvalue weighted by atomic mass is 9.72. The molecular formula is C11H20. The SMILES string of the molecule is CC(C)(C)C1CC2CCC1C2. The van der Waals surface area contributed by atoms with Crippen LogP contribution < -0.4 is 0 Å². The molecule has 11 heavy (non-hydrogen) atoms. The van der Waals surface area contributed by atoms with Crippen molar-refractivity contribution in [1.29, 1.82) is 0 Å². The van der Waals surface area contributed by atoms with Gasteiger partial charge >= 0.3 is 0 Å². The van der Waals surface area contributed by atoms with Crippen molar-refractivity contribution in [2.75, 3.05) is 0 Å². The Morgan fingerprint density at radius 2 is 1.73 bits per heavy atom. The molecule has 2 rings (SSSR count). The zero-order valence-electron chi connectivity index (χ0n) is 8.06. The standard InChI is InChI=1S/C11H20/c1-11(2,3)10-7-8-4-5-9(10)6-8/h8-10H,4-7H2,1-3H3. The van der Waals surface area contributed by atoms with E-state index in [2.05, 4.69) is 20.8 Å². The average Bonchev–Trinajstić information content (AvgIpc) is 2.42. The van der Waals surface area contributed by atoms with Crippen LogP contribution in [0, 0.1) is 23.2 Å². The maximum absolute atomic E-state index is 2.42.